The summed E-state index contributed by atoms with van der Waals surface area (Å²) in [7, 11) is 1.21. The maximum atomic E-state index is 11.5. The number of amides is 1. The lowest BCUT2D eigenvalue weighted by atomic mass is 10.2. The number of rotatable bonds is 5. The van der Waals surface area contributed by atoms with Crippen molar-refractivity contribution in [1.82, 2.24) is 5.48 Å². The van der Waals surface area contributed by atoms with Crippen molar-refractivity contribution in [2.75, 3.05) is 13.7 Å². The van der Waals surface area contributed by atoms with Gasteiger partial charge in [0.15, 0.2) is 5.76 Å². The van der Waals surface area contributed by atoms with E-state index in [1.807, 2.05) is 0 Å². The van der Waals surface area contributed by atoms with Gasteiger partial charge >= 0.3 is 11.9 Å². The average molecular weight is 257 g/mol. The fraction of sp³-hybridized carbons (Fsp3) is 0.455. The molecule has 0 radical (unpaired) electrons. The number of hydrogen-bond acceptors (Lipinski definition) is 6. The Bertz CT molecular complexity index is 431. The van der Waals surface area contributed by atoms with Crippen molar-refractivity contribution >= 4 is 11.9 Å². The van der Waals surface area contributed by atoms with Crippen molar-refractivity contribution in [3.8, 4) is 0 Å². The molecule has 0 aliphatic rings. The van der Waals surface area contributed by atoms with Crippen LogP contribution in [0.4, 0.5) is 0 Å². The van der Waals surface area contributed by atoms with Gasteiger partial charge in [-0.2, -0.15) is 0 Å². The second-order valence-electron chi connectivity index (χ2n) is 4.19. The highest BCUT2D eigenvalue weighted by Gasteiger charge is 2.18. The highest BCUT2D eigenvalue weighted by Crippen LogP contribution is 2.09. The third-order valence-corrected chi connectivity index (χ3v) is 1.81. The number of hydrogen-bond donors (Lipinski definition) is 2. The van der Waals surface area contributed by atoms with E-state index in [0.29, 0.717) is 0 Å². The van der Waals surface area contributed by atoms with E-state index in [9.17, 15) is 14.7 Å². The fourth-order valence-electron chi connectivity index (χ4n) is 0.999. The van der Waals surface area contributed by atoms with Crippen LogP contribution in [0.15, 0.2) is 16.5 Å². The smallest absolute Gasteiger partial charge is 0.373 e. The molecule has 7 nitrogen and oxygen atoms in total. The van der Waals surface area contributed by atoms with Crippen LogP contribution in [-0.2, 0) is 9.57 Å². The zero-order chi connectivity index (χ0) is 13.8. The van der Waals surface area contributed by atoms with Gasteiger partial charge in [0, 0.05) is 0 Å². The highest BCUT2D eigenvalue weighted by molar-refractivity contribution is 5.93. The molecule has 100 valence electrons. The highest BCUT2D eigenvalue weighted by atomic mass is 16.7. The Morgan fingerprint density at radius 1 is 1.39 bits per heavy atom. The van der Waals surface area contributed by atoms with Gasteiger partial charge < -0.3 is 14.3 Å². The Balaban J connectivity index is 2.52. The summed E-state index contributed by atoms with van der Waals surface area (Å²) in [5.74, 6) is -1.50. The number of methoxy groups -OCH3 is 1. The van der Waals surface area contributed by atoms with Crippen LogP contribution in [0.3, 0.4) is 0 Å². The molecule has 0 saturated heterocycles. The standard InChI is InChI=1S/C11H15NO6/c1-11(2,15)6-17-12-9(13)7-4-5-8(18-7)10(14)16-3/h4-5,15H,6H2,1-3H3,(H,12,13). The van der Waals surface area contributed by atoms with E-state index < -0.39 is 17.5 Å². The lowest BCUT2D eigenvalue weighted by molar-refractivity contribution is -0.0529. The van der Waals surface area contributed by atoms with Gasteiger partial charge in [0.1, 0.15) is 6.61 Å². The molecule has 0 fully saturated rings. The van der Waals surface area contributed by atoms with Crippen molar-refractivity contribution < 1.29 is 28.7 Å². The molecule has 7 heteroatoms. The molecule has 18 heavy (non-hydrogen) atoms. The number of ether oxygens (including phenoxy) is 1. The van der Waals surface area contributed by atoms with Gasteiger partial charge in [-0.25, -0.2) is 10.3 Å². The van der Waals surface area contributed by atoms with E-state index in [1.165, 1.54) is 33.1 Å². The monoisotopic (exact) mass is 257 g/mol. The molecule has 1 rings (SSSR count). The Morgan fingerprint density at radius 3 is 2.56 bits per heavy atom. The Hall–Kier alpha value is -1.86. The van der Waals surface area contributed by atoms with Crippen LogP contribution in [-0.4, -0.2) is 36.3 Å². The second-order valence-corrected chi connectivity index (χ2v) is 4.19. The molecule has 0 spiro atoms. The molecule has 1 aromatic rings. The third kappa shape index (κ3) is 4.19. The van der Waals surface area contributed by atoms with Crippen molar-refractivity contribution in [3.63, 3.8) is 0 Å². The minimum Gasteiger partial charge on any atom is -0.463 e. The van der Waals surface area contributed by atoms with E-state index in [2.05, 4.69) is 10.2 Å². The van der Waals surface area contributed by atoms with Gasteiger partial charge in [-0.1, -0.05) is 0 Å². The first-order valence-corrected chi connectivity index (χ1v) is 5.16. The van der Waals surface area contributed by atoms with Gasteiger partial charge in [0.25, 0.3) is 0 Å². The minimum absolute atomic E-state index is 0.0786. The summed E-state index contributed by atoms with van der Waals surface area (Å²) < 4.78 is 9.38. The summed E-state index contributed by atoms with van der Waals surface area (Å²) in [5.41, 5.74) is 1.02. The van der Waals surface area contributed by atoms with E-state index in [-0.39, 0.29) is 18.1 Å². The predicted molar refractivity (Wildman–Crippen MR) is 59.8 cm³/mol. The molecule has 0 aromatic carbocycles. The van der Waals surface area contributed by atoms with Gasteiger partial charge in [-0.15, -0.1) is 0 Å². The summed E-state index contributed by atoms with van der Waals surface area (Å²) >= 11 is 0. The number of carbonyl (C=O) groups is 2. The summed E-state index contributed by atoms with van der Waals surface area (Å²) in [4.78, 5) is 27.4. The first-order chi connectivity index (χ1) is 8.33. The van der Waals surface area contributed by atoms with Crippen LogP contribution in [0.25, 0.3) is 0 Å². The van der Waals surface area contributed by atoms with E-state index in [4.69, 9.17) is 9.25 Å². The van der Waals surface area contributed by atoms with Gasteiger partial charge in [-0.3, -0.25) is 9.63 Å². The van der Waals surface area contributed by atoms with Crippen molar-refractivity contribution in [2.24, 2.45) is 0 Å². The first-order valence-electron chi connectivity index (χ1n) is 5.16. The van der Waals surface area contributed by atoms with Crippen LogP contribution in [0, 0.1) is 0 Å². The van der Waals surface area contributed by atoms with Crippen LogP contribution in [0.1, 0.15) is 35.0 Å². The minimum atomic E-state index is -1.06. The van der Waals surface area contributed by atoms with Crippen molar-refractivity contribution in [2.45, 2.75) is 19.4 Å². The molecule has 0 atom stereocenters. The number of furan rings is 1. The number of nitrogens with one attached hydrogen (secondary N) is 1. The second kappa shape index (κ2) is 5.65. The lowest BCUT2D eigenvalue weighted by Gasteiger charge is -2.16. The molecular weight excluding hydrogens is 242 g/mol. The van der Waals surface area contributed by atoms with Crippen molar-refractivity contribution in [1.29, 1.82) is 0 Å². The van der Waals surface area contributed by atoms with Gasteiger partial charge in [0.2, 0.25) is 5.76 Å². The molecule has 1 heterocycles. The molecule has 0 unspecified atom stereocenters. The molecule has 1 amide bonds. The van der Waals surface area contributed by atoms with Crippen LogP contribution in [0.2, 0.25) is 0 Å². The Kier molecular flexibility index (Phi) is 4.46. The summed E-state index contributed by atoms with van der Waals surface area (Å²) in [6.07, 6.45) is 0. The Morgan fingerprint density at radius 2 is 2.00 bits per heavy atom. The number of aliphatic hydroxyl groups is 1. The third-order valence-electron chi connectivity index (χ3n) is 1.81. The summed E-state index contributed by atoms with van der Waals surface area (Å²) in [6.45, 7) is 2.98. The SMILES string of the molecule is COC(=O)c1ccc(C(=O)NOCC(C)(C)O)o1. The van der Waals surface area contributed by atoms with Crippen LogP contribution in [0.5, 0.6) is 0 Å². The normalized spacial score (nSPS) is 11.1. The summed E-state index contributed by atoms with van der Waals surface area (Å²) in [5, 5.41) is 9.35. The number of carbonyl (C=O) groups excluding carboxylic acids is 2. The zero-order valence-corrected chi connectivity index (χ0v) is 10.4. The average Bonchev–Trinajstić information content (AvgIpc) is 2.75. The maximum absolute atomic E-state index is 11.5. The van der Waals surface area contributed by atoms with E-state index in [1.54, 1.807) is 0 Å². The molecule has 0 aliphatic heterocycles. The molecule has 1 aromatic heterocycles. The van der Waals surface area contributed by atoms with Crippen molar-refractivity contribution in [3.05, 3.63) is 23.7 Å². The maximum Gasteiger partial charge on any atom is 0.373 e. The zero-order valence-electron chi connectivity index (χ0n) is 10.4. The van der Waals surface area contributed by atoms with Crippen LogP contribution < -0.4 is 5.48 Å². The predicted octanol–water partition coefficient (Wildman–Crippen LogP) is 0.498. The topological polar surface area (TPSA) is 98.0 Å². The lowest BCUT2D eigenvalue weighted by Crippen LogP contribution is -2.33. The van der Waals surface area contributed by atoms with E-state index in [0.717, 1.165) is 0 Å². The Labute approximate surface area is 104 Å². The number of esters is 1. The van der Waals surface area contributed by atoms with E-state index >= 15 is 0 Å². The van der Waals surface area contributed by atoms with Gasteiger partial charge in [-0.05, 0) is 26.0 Å². The molecule has 0 bridgehead atoms. The van der Waals surface area contributed by atoms with Crippen LogP contribution >= 0.6 is 0 Å². The quantitative estimate of drug-likeness (QED) is 0.588. The molecular formula is C11H15NO6. The molecule has 0 aliphatic carbocycles. The largest absolute Gasteiger partial charge is 0.463 e. The summed E-state index contributed by atoms with van der Waals surface area (Å²) in [6, 6.07) is 2.63. The fourth-order valence-corrected chi connectivity index (χ4v) is 0.999. The number of hydroxylamine groups is 1. The van der Waals surface area contributed by atoms with Gasteiger partial charge in [0.05, 0.1) is 12.7 Å². The molecule has 0 saturated carbocycles. The first kappa shape index (κ1) is 14.2. The molecule has 2 N–H and O–H groups in total.